The van der Waals surface area contributed by atoms with Crippen molar-refractivity contribution in [2.45, 2.75) is 19.8 Å². The van der Waals surface area contributed by atoms with E-state index in [-0.39, 0.29) is 18.3 Å². The molecule has 3 nitrogen and oxygen atoms in total. The minimum Gasteiger partial charge on any atom is -0.339 e. The molecule has 1 aliphatic rings. The van der Waals surface area contributed by atoms with E-state index >= 15 is 0 Å². The zero-order valence-electron chi connectivity index (χ0n) is 12.0. The van der Waals surface area contributed by atoms with Crippen LogP contribution >= 0.6 is 35.0 Å². The molecule has 1 saturated heterocycles. The number of benzene rings is 1. The Balaban J connectivity index is 0.00000200. The standard InChI is InChI=1S/C15H21IN2O.ClH/c1-11-4-3-5-13(14(11)16)15(19)18-8-6-12(7-9-18)10-17-2;/h3-5,12,17H,6-10H2,1-2H3;1H. The van der Waals surface area contributed by atoms with E-state index in [9.17, 15) is 4.79 Å². The van der Waals surface area contributed by atoms with Crippen LogP contribution in [0.15, 0.2) is 18.2 Å². The van der Waals surface area contributed by atoms with Gasteiger partial charge in [-0.1, -0.05) is 12.1 Å². The second-order valence-corrected chi connectivity index (χ2v) is 6.31. The third-order valence-electron chi connectivity index (χ3n) is 3.82. The third kappa shape index (κ3) is 4.09. The van der Waals surface area contributed by atoms with Crippen LogP contribution in [0.1, 0.15) is 28.8 Å². The van der Waals surface area contributed by atoms with E-state index in [0.717, 1.165) is 41.6 Å². The summed E-state index contributed by atoms with van der Waals surface area (Å²) in [6, 6.07) is 5.97. The first kappa shape index (κ1) is 17.7. The summed E-state index contributed by atoms with van der Waals surface area (Å²) in [6.07, 6.45) is 2.21. The fourth-order valence-corrected chi connectivity index (χ4v) is 3.20. The van der Waals surface area contributed by atoms with Crippen molar-refractivity contribution in [2.75, 3.05) is 26.7 Å². The van der Waals surface area contributed by atoms with Crippen molar-refractivity contribution in [3.63, 3.8) is 0 Å². The van der Waals surface area contributed by atoms with Gasteiger partial charge in [-0.3, -0.25) is 4.79 Å². The molecule has 1 aliphatic heterocycles. The van der Waals surface area contributed by atoms with Gasteiger partial charge in [0, 0.05) is 16.7 Å². The number of nitrogens with one attached hydrogen (secondary N) is 1. The molecular weight excluding hydrogens is 387 g/mol. The maximum Gasteiger partial charge on any atom is 0.254 e. The van der Waals surface area contributed by atoms with Crippen LogP contribution in [-0.4, -0.2) is 37.5 Å². The molecule has 2 rings (SSSR count). The average Bonchev–Trinajstić information content (AvgIpc) is 2.42. The van der Waals surface area contributed by atoms with Gasteiger partial charge in [-0.05, 0) is 73.5 Å². The van der Waals surface area contributed by atoms with Crippen molar-refractivity contribution in [3.8, 4) is 0 Å². The molecule has 112 valence electrons. The van der Waals surface area contributed by atoms with Crippen molar-refractivity contribution in [3.05, 3.63) is 32.9 Å². The minimum absolute atomic E-state index is 0. The highest BCUT2D eigenvalue weighted by Gasteiger charge is 2.24. The molecule has 1 aromatic carbocycles. The Kier molecular flexibility index (Phi) is 7.26. The van der Waals surface area contributed by atoms with Crippen LogP contribution in [0.5, 0.6) is 0 Å². The van der Waals surface area contributed by atoms with Gasteiger partial charge in [-0.2, -0.15) is 0 Å². The molecule has 1 heterocycles. The van der Waals surface area contributed by atoms with Gasteiger partial charge in [0.1, 0.15) is 0 Å². The molecule has 1 N–H and O–H groups in total. The van der Waals surface area contributed by atoms with E-state index < -0.39 is 0 Å². The van der Waals surface area contributed by atoms with Crippen molar-refractivity contribution < 1.29 is 4.79 Å². The summed E-state index contributed by atoms with van der Waals surface area (Å²) in [5, 5.41) is 3.23. The van der Waals surface area contributed by atoms with Gasteiger partial charge in [0.2, 0.25) is 0 Å². The number of hydrogen-bond donors (Lipinski definition) is 1. The van der Waals surface area contributed by atoms with Crippen LogP contribution in [0.4, 0.5) is 0 Å². The van der Waals surface area contributed by atoms with E-state index in [0.29, 0.717) is 5.92 Å². The molecule has 1 fully saturated rings. The van der Waals surface area contributed by atoms with Gasteiger partial charge in [0.25, 0.3) is 5.91 Å². The lowest BCUT2D eigenvalue weighted by Gasteiger charge is -2.32. The van der Waals surface area contributed by atoms with E-state index in [1.807, 2.05) is 24.1 Å². The predicted octanol–water partition coefficient (Wildman–Crippen LogP) is 3.09. The van der Waals surface area contributed by atoms with Gasteiger partial charge < -0.3 is 10.2 Å². The second kappa shape index (κ2) is 8.20. The topological polar surface area (TPSA) is 32.3 Å². The van der Waals surface area contributed by atoms with Crippen molar-refractivity contribution in [1.29, 1.82) is 0 Å². The van der Waals surface area contributed by atoms with Crippen LogP contribution in [-0.2, 0) is 0 Å². The van der Waals surface area contributed by atoms with Crippen LogP contribution < -0.4 is 5.32 Å². The lowest BCUT2D eigenvalue weighted by molar-refractivity contribution is 0.0689. The molecule has 0 unspecified atom stereocenters. The fourth-order valence-electron chi connectivity index (χ4n) is 2.61. The smallest absolute Gasteiger partial charge is 0.254 e. The number of halogens is 2. The highest BCUT2D eigenvalue weighted by atomic mass is 127. The maximum absolute atomic E-state index is 12.5. The Bertz CT molecular complexity index is 459. The molecule has 0 spiro atoms. The molecule has 0 aromatic heterocycles. The Morgan fingerprint density at radius 3 is 2.65 bits per heavy atom. The molecule has 0 atom stereocenters. The monoisotopic (exact) mass is 408 g/mol. The molecule has 1 aromatic rings. The Morgan fingerprint density at radius 1 is 1.40 bits per heavy atom. The van der Waals surface area contributed by atoms with E-state index in [1.54, 1.807) is 0 Å². The quantitative estimate of drug-likeness (QED) is 0.780. The largest absolute Gasteiger partial charge is 0.339 e. The number of amides is 1. The number of carbonyl (C=O) groups is 1. The fraction of sp³-hybridized carbons (Fsp3) is 0.533. The highest BCUT2D eigenvalue weighted by molar-refractivity contribution is 14.1. The highest BCUT2D eigenvalue weighted by Crippen LogP contribution is 2.22. The van der Waals surface area contributed by atoms with Crippen LogP contribution in [0.3, 0.4) is 0 Å². The third-order valence-corrected chi connectivity index (χ3v) is 5.25. The van der Waals surface area contributed by atoms with Gasteiger partial charge in [-0.15, -0.1) is 12.4 Å². The number of carbonyl (C=O) groups excluding carboxylic acids is 1. The number of piperidine rings is 1. The van der Waals surface area contributed by atoms with Gasteiger partial charge in [0.15, 0.2) is 0 Å². The first-order chi connectivity index (χ1) is 9.13. The number of rotatable bonds is 3. The molecule has 0 saturated carbocycles. The maximum atomic E-state index is 12.5. The minimum atomic E-state index is 0. The molecule has 1 amide bonds. The number of likely N-dealkylation sites (tertiary alicyclic amines) is 1. The van der Waals surface area contributed by atoms with Crippen molar-refractivity contribution in [1.82, 2.24) is 10.2 Å². The number of nitrogens with zero attached hydrogens (tertiary/aromatic N) is 1. The summed E-state index contributed by atoms with van der Waals surface area (Å²) in [5.41, 5.74) is 2.03. The van der Waals surface area contributed by atoms with Crippen LogP contribution in [0, 0.1) is 16.4 Å². The van der Waals surface area contributed by atoms with E-state index in [2.05, 4.69) is 40.9 Å². The van der Waals surface area contributed by atoms with Gasteiger partial charge >= 0.3 is 0 Å². The van der Waals surface area contributed by atoms with E-state index in [4.69, 9.17) is 0 Å². The van der Waals surface area contributed by atoms with Gasteiger partial charge in [-0.25, -0.2) is 0 Å². The lowest BCUT2D eigenvalue weighted by atomic mass is 9.96. The van der Waals surface area contributed by atoms with Gasteiger partial charge in [0.05, 0.1) is 5.56 Å². The summed E-state index contributed by atoms with van der Waals surface area (Å²) in [7, 11) is 1.99. The summed E-state index contributed by atoms with van der Waals surface area (Å²) >= 11 is 2.28. The molecule has 5 heteroatoms. The summed E-state index contributed by atoms with van der Waals surface area (Å²) in [4.78, 5) is 14.5. The molecule has 0 bridgehead atoms. The zero-order valence-corrected chi connectivity index (χ0v) is 15.0. The van der Waals surface area contributed by atoms with Crippen molar-refractivity contribution >= 4 is 40.9 Å². The average molecular weight is 409 g/mol. The Hall–Kier alpha value is -0.330. The summed E-state index contributed by atoms with van der Waals surface area (Å²) in [6.45, 7) is 4.88. The molecule has 0 radical (unpaired) electrons. The normalized spacial score (nSPS) is 15.8. The van der Waals surface area contributed by atoms with Crippen molar-refractivity contribution in [2.24, 2.45) is 5.92 Å². The predicted molar refractivity (Wildman–Crippen MR) is 93.7 cm³/mol. The lowest BCUT2D eigenvalue weighted by Crippen LogP contribution is -2.40. The first-order valence-corrected chi connectivity index (χ1v) is 7.90. The molecule has 20 heavy (non-hydrogen) atoms. The van der Waals surface area contributed by atoms with Crippen LogP contribution in [0.2, 0.25) is 0 Å². The Labute approximate surface area is 141 Å². The summed E-state index contributed by atoms with van der Waals surface area (Å²) in [5.74, 6) is 0.904. The second-order valence-electron chi connectivity index (χ2n) is 5.23. The molecule has 0 aliphatic carbocycles. The Morgan fingerprint density at radius 2 is 2.05 bits per heavy atom. The molecular formula is C15H22ClIN2O. The zero-order chi connectivity index (χ0) is 13.8. The van der Waals surface area contributed by atoms with Crippen LogP contribution in [0.25, 0.3) is 0 Å². The first-order valence-electron chi connectivity index (χ1n) is 6.82. The summed E-state index contributed by atoms with van der Waals surface area (Å²) < 4.78 is 1.09. The number of hydrogen-bond acceptors (Lipinski definition) is 2. The van der Waals surface area contributed by atoms with E-state index in [1.165, 1.54) is 5.56 Å². The SMILES string of the molecule is CNCC1CCN(C(=O)c2cccc(C)c2I)CC1.Cl. The number of aryl methyl sites for hydroxylation is 1.